The number of aromatic nitrogens is 2. The largest absolute Gasteiger partial charge is 0.484 e. The zero-order valence-corrected chi connectivity index (χ0v) is 18.3. The van der Waals surface area contributed by atoms with E-state index >= 15 is 0 Å². The van der Waals surface area contributed by atoms with Crippen molar-refractivity contribution in [1.82, 2.24) is 9.97 Å². The Balaban J connectivity index is 1.33. The molecule has 4 rings (SSSR count). The molecule has 2 aromatic carbocycles. The molecule has 2 N–H and O–H groups in total. The van der Waals surface area contributed by atoms with E-state index in [1.165, 1.54) is 0 Å². The molecule has 32 heavy (non-hydrogen) atoms. The Hall–Kier alpha value is -3.65. The summed E-state index contributed by atoms with van der Waals surface area (Å²) in [4.78, 5) is 23.5. The first-order chi connectivity index (χ1) is 15.5. The van der Waals surface area contributed by atoms with Crippen LogP contribution >= 0.6 is 0 Å². The fourth-order valence-corrected chi connectivity index (χ4v) is 3.36. The second kappa shape index (κ2) is 10.1. The second-order valence-corrected chi connectivity index (χ2v) is 7.65. The third-order valence-corrected chi connectivity index (χ3v) is 4.94. The van der Waals surface area contributed by atoms with Crippen molar-refractivity contribution in [2.75, 3.05) is 48.4 Å². The number of nitrogens with zero attached hydrogens (tertiary/aromatic N) is 3. The maximum atomic E-state index is 12.2. The number of morpholine rings is 1. The number of carbonyl (C=O) groups excluding carboxylic acids is 1. The second-order valence-electron chi connectivity index (χ2n) is 7.65. The topological polar surface area (TPSA) is 88.6 Å². The molecule has 1 aromatic heterocycles. The van der Waals surface area contributed by atoms with E-state index in [4.69, 9.17) is 9.47 Å². The summed E-state index contributed by atoms with van der Waals surface area (Å²) in [6, 6.07) is 17.0. The van der Waals surface area contributed by atoms with Gasteiger partial charge in [0.25, 0.3) is 5.91 Å². The summed E-state index contributed by atoms with van der Waals surface area (Å²) < 4.78 is 11.0. The van der Waals surface area contributed by atoms with Gasteiger partial charge in [0.1, 0.15) is 11.6 Å². The lowest BCUT2D eigenvalue weighted by Crippen LogP contribution is -2.37. The molecule has 1 amide bonds. The lowest BCUT2D eigenvalue weighted by molar-refractivity contribution is -0.118. The molecule has 1 aliphatic heterocycles. The lowest BCUT2D eigenvalue weighted by Gasteiger charge is -2.27. The Morgan fingerprint density at radius 2 is 1.78 bits per heavy atom. The predicted molar refractivity (Wildman–Crippen MR) is 125 cm³/mol. The van der Waals surface area contributed by atoms with E-state index in [0.717, 1.165) is 35.9 Å². The highest BCUT2D eigenvalue weighted by Gasteiger charge is 2.15. The highest BCUT2D eigenvalue weighted by Crippen LogP contribution is 2.21. The van der Waals surface area contributed by atoms with Gasteiger partial charge >= 0.3 is 0 Å². The van der Waals surface area contributed by atoms with Gasteiger partial charge in [-0.15, -0.1) is 0 Å². The first kappa shape index (κ1) is 21.6. The van der Waals surface area contributed by atoms with Gasteiger partial charge in [-0.1, -0.05) is 12.1 Å². The van der Waals surface area contributed by atoms with E-state index in [9.17, 15) is 4.79 Å². The van der Waals surface area contributed by atoms with Gasteiger partial charge < -0.3 is 25.0 Å². The molecule has 8 nitrogen and oxygen atoms in total. The Kier molecular flexibility index (Phi) is 6.81. The van der Waals surface area contributed by atoms with Crippen LogP contribution in [-0.4, -0.2) is 48.8 Å². The lowest BCUT2D eigenvalue weighted by atomic mass is 10.2. The maximum Gasteiger partial charge on any atom is 0.262 e. The van der Waals surface area contributed by atoms with E-state index in [1.807, 2.05) is 68.4 Å². The molecule has 0 unspecified atom stereocenters. The zero-order valence-electron chi connectivity index (χ0n) is 18.3. The van der Waals surface area contributed by atoms with E-state index < -0.39 is 0 Å². The molecule has 1 saturated heterocycles. The molecule has 8 heteroatoms. The Labute approximate surface area is 187 Å². The van der Waals surface area contributed by atoms with Gasteiger partial charge in [0.2, 0.25) is 5.95 Å². The number of carbonyl (C=O) groups is 1. The van der Waals surface area contributed by atoms with Gasteiger partial charge in [-0.25, -0.2) is 4.98 Å². The number of rotatable bonds is 7. The molecular weight excluding hydrogens is 406 g/mol. The quantitative estimate of drug-likeness (QED) is 0.587. The summed E-state index contributed by atoms with van der Waals surface area (Å²) in [5, 5.41) is 6.15. The van der Waals surface area contributed by atoms with Gasteiger partial charge in [-0.05, 0) is 55.8 Å². The minimum Gasteiger partial charge on any atom is -0.484 e. The molecule has 0 spiro atoms. The molecule has 3 aromatic rings. The van der Waals surface area contributed by atoms with Gasteiger partial charge in [0, 0.05) is 36.2 Å². The molecule has 2 heterocycles. The van der Waals surface area contributed by atoms with Crippen LogP contribution in [0.3, 0.4) is 0 Å². The molecule has 166 valence electrons. The van der Waals surface area contributed by atoms with Crippen LogP contribution in [0.1, 0.15) is 11.3 Å². The average molecular weight is 434 g/mol. The third kappa shape index (κ3) is 5.95. The number of hydrogen-bond donors (Lipinski definition) is 2. The van der Waals surface area contributed by atoms with Crippen molar-refractivity contribution in [3.05, 3.63) is 65.9 Å². The summed E-state index contributed by atoms with van der Waals surface area (Å²) in [5.41, 5.74) is 3.54. The fourth-order valence-electron chi connectivity index (χ4n) is 3.36. The van der Waals surface area contributed by atoms with Crippen LogP contribution in [0.15, 0.2) is 54.6 Å². The maximum absolute atomic E-state index is 12.2. The van der Waals surface area contributed by atoms with Gasteiger partial charge in [0.05, 0.1) is 13.2 Å². The smallest absolute Gasteiger partial charge is 0.262 e. The van der Waals surface area contributed by atoms with Gasteiger partial charge in [-0.3, -0.25) is 4.79 Å². The van der Waals surface area contributed by atoms with Crippen LogP contribution in [0.25, 0.3) is 0 Å². The van der Waals surface area contributed by atoms with Crippen LogP contribution < -0.4 is 20.3 Å². The number of hydrogen-bond acceptors (Lipinski definition) is 7. The standard InChI is InChI=1S/C24H27N5O3/c1-17-4-3-5-21(14-17)32-16-23(30)27-20-8-6-19(7-9-20)26-22-15-18(2)25-24(28-22)29-10-12-31-13-11-29/h3-9,14-15H,10-13,16H2,1-2H3,(H,27,30)(H,25,26,28). The molecule has 0 atom stereocenters. The van der Waals surface area contributed by atoms with Gasteiger partial charge in [0.15, 0.2) is 6.61 Å². The van der Waals surface area contributed by atoms with Crippen molar-refractivity contribution in [1.29, 1.82) is 0 Å². The number of ether oxygens (including phenoxy) is 2. The molecule has 1 fully saturated rings. The minimum absolute atomic E-state index is 0.0476. The Morgan fingerprint density at radius 1 is 1.03 bits per heavy atom. The summed E-state index contributed by atoms with van der Waals surface area (Å²) in [5.74, 6) is 1.89. The summed E-state index contributed by atoms with van der Waals surface area (Å²) in [6.45, 7) is 6.82. The summed E-state index contributed by atoms with van der Waals surface area (Å²) in [7, 11) is 0. The molecular formula is C24H27N5O3. The third-order valence-electron chi connectivity index (χ3n) is 4.94. The number of anilines is 4. The van der Waals surface area contributed by atoms with Gasteiger partial charge in [-0.2, -0.15) is 4.98 Å². The first-order valence-electron chi connectivity index (χ1n) is 10.6. The average Bonchev–Trinajstić information content (AvgIpc) is 2.79. The van der Waals surface area contributed by atoms with Crippen molar-refractivity contribution in [2.24, 2.45) is 0 Å². The van der Waals surface area contributed by atoms with E-state index in [2.05, 4.69) is 25.5 Å². The molecule has 1 aliphatic rings. The molecule has 0 aliphatic carbocycles. The fraction of sp³-hybridized carbons (Fsp3) is 0.292. The van der Waals surface area contributed by atoms with Crippen LogP contribution in [0.5, 0.6) is 5.75 Å². The van der Waals surface area contributed by atoms with E-state index in [-0.39, 0.29) is 12.5 Å². The van der Waals surface area contributed by atoms with Crippen molar-refractivity contribution in [3.63, 3.8) is 0 Å². The van der Waals surface area contributed by atoms with E-state index in [0.29, 0.717) is 30.6 Å². The first-order valence-corrected chi connectivity index (χ1v) is 10.6. The number of nitrogens with one attached hydrogen (secondary N) is 2. The SMILES string of the molecule is Cc1cccc(OCC(=O)Nc2ccc(Nc3cc(C)nc(N4CCOCC4)n3)cc2)c1. The molecule has 0 radical (unpaired) electrons. The van der Waals surface area contributed by atoms with Crippen LogP contribution in [0, 0.1) is 13.8 Å². The molecule has 0 bridgehead atoms. The van der Waals surface area contributed by atoms with Crippen molar-refractivity contribution in [2.45, 2.75) is 13.8 Å². The van der Waals surface area contributed by atoms with Crippen LogP contribution in [0.4, 0.5) is 23.1 Å². The van der Waals surface area contributed by atoms with Crippen LogP contribution in [0.2, 0.25) is 0 Å². The van der Waals surface area contributed by atoms with Crippen molar-refractivity contribution >= 4 is 29.0 Å². The molecule has 0 saturated carbocycles. The number of amides is 1. The number of aryl methyl sites for hydroxylation is 2. The van der Waals surface area contributed by atoms with Crippen molar-refractivity contribution in [3.8, 4) is 5.75 Å². The highest BCUT2D eigenvalue weighted by molar-refractivity contribution is 5.92. The predicted octanol–water partition coefficient (Wildman–Crippen LogP) is 3.69. The Morgan fingerprint density at radius 3 is 2.53 bits per heavy atom. The Bertz CT molecular complexity index is 1070. The monoisotopic (exact) mass is 433 g/mol. The zero-order chi connectivity index (χ0) is 22.3. The number of benzene rings is 2. The summed E-state index contributed by atoms with van der Waals surface area (Å²) >= 11 is 0. The summed E-state index contributed by atoms with van der Waals surface area (Å²) in [6.07, 6.45) is 0. The van der Waals surface area contributed by atoms with Crippen LogP contribution in [-0.2, 0) is 9.53 Å². The highest BCUT2D eigenvalue weighted by atomic mass is 16.5. The van der Waals surface area contributed by atoms with Crippen molar-refractivity contribution < 1.29 is 14.3 Å². The minimum atomic E-state index is -0.214. The van der Waals surface area contributed by atoms with E-state index in [1.54, 1.807) is 0 Å². The normalized spacial score (nSPS) is 13.5.